The SMILES string of the molecule is CC(C)C[C@@H](CNC(=O)OC(C)(C)C)NC(=O)c1ccc(-n2cccn2)cc1. The predicted octanol–water partition coefficient (Wildman–Crippen LogP) is 3.54. The normalized spacial score (nSPS) is 12.5. The molecule has 152 valence electrons. The molecule has 0 bridgehead atoms. The Kier molecular flexibility index (Phi) is 7.20. The van der Waals surface area contributed by atoms with Crippen molar-refractivity contribution >= 4 is 12.0 Å². The van der Waals surface area contributed by atoms with Gasteiger partial charge in [0.05, 0.1) is 5.69 Å². The number of benzene rings is 1. The zero-order valence-corrected chi connectivity index (χ0v) is 17.2. The van der Waals surface area contributed by atoms with E-state index in [-0.39, 0.29) is 11.9 Å². The number of aromatic nitrogens is 2. The Hall–Kier alpha value is -2.83. The topological polar surface area (TPSA) is 85.3 Å². The third kappa shape index (κ3) is 7.06. The van der Waals surface area contributed by atoms with E-state index in [4.69, 9.17) is 4.74 Å². The van der Waals surface area contributed by atoms with Gasteiger partial charge in [0.25, 0.3) is 5.91 Å². The average Bonchev–Trinajstić information content (AvgIpc) is 3.12. The summed E-state index contributed by atoms with van der Waals surface area (Å²) in [6.45, 7) is 9.90. The number of nitrogens with one attached hydrogen (secondary N) is 2. The van der Waals surface area contributed by atoms with Crippen molar-refractivity contribution in [2.24, 2.45) is 5.92 Å². The van der Waals surface area contributed by atoms with Crippen LogP contribution in [0.15, 0.2) is 42.7 Å². The van der Waals surface area contributed by atoms with E-state index in [2.05, 4.69) is 29.6 Å². The minimum atomic E-state index is -0.558. The molecule has 1 atom stereocenters. The summed E-state index contributed by atoms with van der Waals surface area (Å²) in [6, 6.07) is 8.87. The van der Waals surface area contributed by atoms with Crippen LogP contribution in [-0.2, 0) is 4.74 Å². The maximum Gasteiger partial charge on any atom is 0.407 e. The number of rotatable bonds is 7. The molecule has 0 saturated heterocycles. The van der Waals surface area contributed by atoms with Crippen LogP contribution in [0, 0.1) is 5.92 Å². The molecule has 2 N–H and O–H groups in total. The van der Waals surface area contributed by atoms with Gasteiger partial charge in [-0.1, -0.05) is 13.8 Å². The third-order valence-electron chi connectivity index (χ3n) is 3.88. The summed E-state index contributed by atoms with van der Waals surface area (Å²) in [5, 5.41) is 9.92. The second-order valence-electron chi connectivity index (χ2n) is 8.18. The van der Waals surface area contributed by atoms with Gasteiger partial charge in [-0.3, -0.25) is 4.79 Å². The van der Waals surface area contributed by atoms with Crippen LogP contribution in [-0.4, -0.2) is 40.0 Å². The summed E-state index contributed by atoms with van der Waals surface area (Å²) in [7, 11) is 0. The molecule has 7 heteroatoms. The first-order chi connectivity index (χ1) is 13.1. The van der Waals surface area contributed by atoms with E-state index in [1.54, 1.807) is 23.0 Å². The lowest BCUT2D eigenvalue weighted by Crippen LogP contribution is -2.45. The summed E-state index contributed by atoms with van der Waals surface area (Å²) in [5.41, 5.74) is 0.880. The van der Waals surface area contributed by atoms with E-state index >= 15 is 0 Å². The summed E-state index contributed by atoms with van der Waals surface area (Å²) < 4.78 is 6.99. The highest BCUT2D eigenvalue weighted by molar-refractivity contribution is 5.94. The van der Waals surface area contributed by atoms with Gasteiger partial charge >= 0.3 is 6.09 Å². The molecule has 0 aliphatic heterocycles. The van der Waals surface area contributed by atoms with Crippen molar-refractivity contribution in [3.05, 3.63) is 48.3 Å². The lowest BCUT2D eigenvalue weighted by molar-refractivity contribution is 0.0518. The first-order valence-electron chi connectivity index (χ1n) is 9.52. The molecule has 1 heterocycles. The smallest absolute Gasteiger partial charge is 0.407 e. The minimum Gasteiger partial charge on any atom is -0.444 e. The second kappa shape index (κ2) is 9.39. The lowest BCUT2D eigenvalue weighted by Gasteiger charge is -2.23. The van der Waals surface area contributed by atoms with Gasteiger partial charge in [0, 0.05) is 30.5 Å². The van der Waals surface area contributed by atoms with E-state index in [0.29, 0.717) is 18.0 Å². The molecule has 2 aromatic rings. The molecule has 0 aliphatic rings. The molecule has 2 rings (SSSR count). The molecule has 1 aromatic heterocycles. The van der Waals surface area contributed by atoms with Crippen LogP contribution in [0.5, 0.6) is 0 Å². The highest BCUT2D eigenvalue weighted by Crippen LogP contribution is 2.11. The van der Waals surface area contributed by atoms with Crippen molar-refractivity contribution in [1.82, 2.24) is 20.4 Å². The summed E-state index contributed by atoms with van der Waals surface area (Å²) in [5.74, 6) is 0.191. The van der Waals surface area contributed by atoms with E-state index in [1.165, 1.54) is 0 Å². The van der Waals surface area contributed by atoms with Gasteiger partial charge in [0.15, 0.2) is 0 Å². The lowest BCUT2D eigenvalue weighted by atomic mass is 10.0. The quantitative estimate of drug-likeness (QED) is 0.762. The average molecular weight is 386 g/mol. The number of hydrogen-bond acceptors (Lipinski definition) is 4. The Morgan fingerprint density at radius 2 is 1.86 bits per heavy atom. The predicted molar refractivity (Wildman–Crippen MR) is 109 cm³/mol. The Balaban J connectivity index is 1.97. The van der Waals surface area contributed by atoms with Gasteiger partial charge in [-0.2, -0.15) is 5.10 Å². The Bertz CT molecular complexity index is 762. The fourth-order valence-electron chi connectivity index (χ4n) is 2.74. The Morgan fingerprint density at radius 3 is 2.39 bits per heavy atom. The fraction of sp³-hybridized carbons (Fsp3) is 0.476. The van der Waals surface area contributed by atoms with Crippen LogP contribution in [0.4, 0.5) is 4.79 Å². The van der Waals surface area contributed by atoms with Gasteiger partial charge in [-0.05, 0) is 63.4 Å². The number of hydrogen-bond donors (Lipinski definition) is 2. The third-order valence-corrected chi connectivity index (χ3v) is 3.88. The Morgan fingerprint density at radius 1 is 1.18 bits per heavy atom. The monoisotopic (exact) mass is 386 g/mol. The van der Waals surface area contributed by atoms with Crippen molar-refractivity contribution < 1.29 is 14.3 Å². The van der Waals surface area contributed by atoms with Gasteiger partial charge in [0.1, 0.15) is 5.60 Å². The van der Waals surface area contributed by atoms with Gasteiger partial charge < -0.3 is 15.4 Å². The molecule has 7 nitrogen and oxygen atoms in total. The molecule has 2 amide bonds. The standard InChI is InChI=1S/C21H30N4O3/c1-15(2)13-17(14-22-20(27)28-21(3,4)5)24-19(26)16-7-9-18(10-8-16)25-12-6-11-23-25/h6-12,15,17H,13-14H2,1-5H3,(H,22,27)(H,24,26)/t17-/m0/s1. The van der Waals surface area contributed by atoms with Crippen LogP contribution in [0.25, 0.3) is 5.69 Å². The van der Waals surface area contributed by atoms with E-state index in [0.717, 1.165) is 12.1 Å². The van der Waals surface area contributed by atoms with E-state index in [1.807, 2.05) is 45.2 Å². The molecular weight excluding hydrogens is 356 g/mol. The molecular formula is C21H30N4O3. The molecule has 0 spiro atoms. The molecule has 0 unspecified atom stereocenters. The first kappa shape index (κ1) is 21.5. The minimum absolute atomic E-state index is 0.177. The van der Waals surface area contributed by atoms with Crippen molar-refractivity contribution in [2.75, 3.05) is 6.54 Å². The number of alkyl carbamates (subject to hydrolysis) is 1. The summed E-state index contributed by atoms with van der Waals surface area (Å²) >= 11 is 0. The Labute approximate surface area is 166 Å². The van der Waals surface area contributed by atoms with Gasteiger partial charge in [0.2, 0.25) is 0 Å². The van der Waals surface area contributed by atoms with Crippen LogP contribution in [0.1, 0.15) is 51.4 Å². The molecule has 0 fully saturated rings. The summed E-state index contributed by atoms with van der Waals surface area (Å²) in [6.07, 6.45) is 3.80. The van der Waals surface area contributed by atoms with Gasteiger partial charge in [-0.15, -0.1) is 0 Å². The molecule has 0 aliphatic carbocycles. The number of carbonyl (C=O) groups is 2. The number of carbonyl (C=O) groups excluding carboxylic acids is 2. The second-order valence-corrected chi connectivity index (χ2v) is 8.18. The van der Waals surface area contributed by atoms with Crippen LogP contribution in [0.2, 0.25) is 0 Å². The largest absolute Gasteiger partial charge is 0.444 e. The number of amides is 2. The zero-order chi connectivity index (χ0) is 20.7. The number of nitrogens with zero attached hydrogens (tertiary/aromatic N) is 2. The number of ether oxygens (including phenoxy) is 1. The first-order valence-corrected chi connectivity index (χ1v) is 9.52. The molecule has 28 heavy (non-hydrogen) atoms. The van der Waals surface area contributed by atoms with Crippen molar-refractivity contribution in [3.8, 4) is 5.69 Å². The van der Waals surface area contributed by atoms with E-state index in [9.17, 15) is 9.59 Å². The van der Waals surface area contributed by atoms with Crippen molar-refractivity contribution in [3.63, 3.8) is 0 Å². The molecule has 0 saturated carbocycles. The van der Waals surface area contributed by atoms with Crippen LogP contribution >= 0.6 is 0 Å². The maximum atomic E-state index is 12.6. The van der Waals surface area contributed by atoms with Crippen LogP contribution in [0.3, 0.4) is 0 Å². The van der Waals surface area contributed by atoms with E-state index < -0.39 is 11.7 Å². The zero-order valence-electron chi connectivity index (χ0n) is 17.2. The van der Waals surface area contributed by atoms with Crippen molar-refractivity contribution in [1.29, 1.82) is 0 Å². The molecule has 1 aromatic carbocycles. The van der Waals surface area contributed by atoms with Gasteiger partial charge in [-0.25, -0.2) is 9.48 Å². The highest BCUT2D eigenvalue weighted by atomic mass is 16.6. The fourth-order valence-corrected chi connectivity index (χ4v) is 2.74. The summed E-state index contributed by atoms with van der Waals surface area (Å²) in [4.78, 5) is 24.5. The van der Waals surface area contributed by atoms with Crippen LogP contribution < -0.4 is 10.6 Å². The highest BCUT2D eigenvalue weighted by Gasteiger charge is 2.19. The molecule has 0 radical (unpaired) electrons. The maximum absolute atomic E-state index is 12.6. The van der Waals surface area contributed by atoms with Crippen molar-refractivity contribution in [2.45, 2.75) is 52.7 Å².